The fourth-order valence-corrected chi connectivity index (χ4v) is 3.98. The molecule has 0 saturated carbocycles. The highest BCUT2D eigenvalue weighted by molar-refractivity contribution is 5.34. The summed E-state index contributed by atoms with van der Waals surface area (Å²) in [5, 5.41) is 9.89. The summed E-state index contributed by atoms with van der Waals surface area (Å²) in [7, 11) is 0. The first kappa shape index (κ1) is 14.9. The van der Waals surface area contributed by atoms with Crippen LogP contribution in [0.1, 0.15) is 12.0 Å². The molecule has 5 nitrogen and oxygen atoms in total. The van der Waals surface area contributed by atoms with Gasteiger partial charge in [0.25, 0.3) is 0 Å². The highest BCUT2D eigenvalue weighted by Gasteiger charge is 2.47. The molecule has 0 aliphatic carbocycles. The third-order valence-corrected chi connectivity index (χ3v) is 5.41. The van der Waals surface area contributed by atoms with Crippen molar-refractivity contribution in [1.82, 2.24) is 14.5 Å². The van der Waals surface area contributed by atoms with Gasteiger partial charge in [0.2, 0.25) is 0 Å². The SMILES string of the molecule is OC[C@]12CCOC[C@H]1CN(Cc1ccc(-n3ccnc3)cc1)C2. The fourth-order valence-electron chi connectivity index (χ4n) is 3.98. The topological polar surface area (TPSA) is 50.5 Å². The maximum absolute atomic E-state index is 9.89. The molecule has 1 aromatic carbocycles. The van der Waals surface area contributed by atoms with E-state index in [1.165, 1.54) is 5.56 Å². The zero-order valence-corrected chi connectivity index (χ0v) is 13.3. The van der Waals surface area contributed by atoms with Crippen molar-refractivity contribution in [1.29, 1.82) is 0 Å². The zero-order chi connectivity index (χ0) is 15.7. The lowest BCUT2D eigenvalue weighted by Crippen LogP contribution is -2.41. The third kappa shape index (κ3) is 2.80. The molecule has 0 bridgehead atoms. The molecule has 5 heteroatoms. The number of likely N-dealkylation sites (tertiary alicyclic amines) is 1. The Morgan fingerprint density at radius 1 is 1.30 bits per heavy atom. The van der Waals surface area contributed by atoms with Gasteiger partial charge in [-0.25, -0.2) is 4.98 Å². The summed E-state index contributed by atoms with van der Waals surface area (Å²) < 4.78 is 7.63. The summed E-state index contributed by atoms with van der Waals surface area (Å²) in [6, 6.07) is 8.62. The average molecular weight is 313 g/mol. The van der Waals surface area contributed by atoms with Crippen molar-refractivity contribution >= 4 is 0 Å². The number of rotatable bonds is 4. The number of fused-ring (bicyclic) bond motifs is 1. The van der Waals surface area contributed by atoms with Crippen molar-refractivity contribution in [3.63, 3.8) is 0 Å². The van der Waals surface area contributed by atoms with Crippen LogP contribution in [0.25, 0.3) is 5.69 Å². The lowest BCUT2D eigenvalue weighted by atomic mass is 9.75. The summed E-state index contributed by atoms with van der Waals surface area (Å²) in [5.74, 6) is 0.464. The van der Waals surface area contributed by atoms with E-state index in [1.807, 2.05) is 17.1 Å². The number of benzene rings is 1. The first-order valence-electron chi connectivity index (χ1n) is 8.27. The lowest BCUT2D eigenvalue weighted by molar-refractivity contribution is -0.0417. The van der Waals surface area contributed by atoms with Gasteiger partial charge in [-0.15, -0.1) is 0 Å². The van der Waals surface area contributed by atoms with Gasteiger partial charge < -0.3 is 14.4 Å². The molecular weight excluding hydrogens is 290 g/mol. The van der Waals surface area contributed by atoms with Gasteiger partial charge in [-0.1, -0.05) is 12.1 Å². The summed E-state index contributed by atoms with van der Waals surface area (Å²) in [4.78, 5) is 6.54. The van der Waals surface area contributed by atoms with E-state index >= 15 is 0 Å². The first-order chi connectivity index (χ1) is 11.3. The normalized spacial score (nSPS) is 28.0. The van der Waals surface area contributed by atoms with Gasteiger partial charge in [-0.05, 0) is 24.1 Å². The van der Waals surface area contributed by atoms with Gasteiger partial charge in [0.1, 0.15) is 0 Å². The molecule has 0 spiro atoms. The zero-order valence-electron chi connectivity index (χ0n) is 13.3. The molecule has 2 fully saturated rings. The number of hydrogen-bond acceptors (Lipinski definition) is 4. The molecule has 0 unspecified atom stereocenters. The number of hydrogen-bond donors (Lipinski definition) is 1. The molecule has 0 amide bonds. The summed E-state index contributed by atoms with van der Waals surface area (Å²) >= 11 is 0. The Labute approximate surface area is 136 Å². The number of ether oxygens (including phenoxy) is 1. The van der Waals surface area contributed by atoms with Crippen LogP contribution in [0.4, 0.5) is 0 Å². The molecule has 2 aliphatic heterocycles. The van der Waals surface area contributed by atoms with Crippen LogP contribution in [0.2, 0.25) is 0 Å². The maximum Gasteiger partial charge on any atom is 0.0991 e. The van der Waals surface area contributed by atoms with Crippen molar-refractivity contribution < 1.29 is 9.84 Å². The Balaban J connectivity index is 1.44. The summed E-state index contributed by atoms with van der Waals surface area (Å²) in [6.07, 6.45) is 6.52. The Morgan fingerprint density at radius 2 is 2.17 bits per heavy atom. The second kappa shape index (κ2) is 6.07. The minimum atomic E-state index is 0.0506. The van der Waals surface area contributed by atoms with Gasteiger partial charge in [-0.2, -0.15) is 0 Å². The van der Waals surface area contributed by atoms with E-state index in [0.717, 1.165) is 45.0 Å². The van der Waals surface area contributed by atoms with Gasteiger partial charge in [0.05, 0.1) is 19.5 Å². The van der Waals surface area contributed by atoms with E-state index < -0.39 is 0 Å². The predicted octanol–water partition coefficient (Wildman–Crippen LogP) is 1.70. The Morgan fingerprint density at radius 3 is 2.87 bits per heavy atom. The molecule has 3 heterocycles. The molecule has 4 rings (SSSR count). The van der Waals surface area contributed by atoms with E-state index in [4.69, 9.17) is 4.74 Å². The number of aromatic nitrogens is 2. The number of imidazole rings is 1. The van der Waals surface area contributed by atoms with E-state index in [1.54, 1.807) is 6.20 Å². The van der Waals surface area contributed by atoms with Crippen molar-refractivity contribution in [2.45, 2.75) is 13.0 Å². The van der Waals surface area contributed by atoms with E-state index in [9.17, 15) is 5.11 Å². The van der Waals surface area contributed by atoms with Gasteiger partial charge in [0.15, 0.2) is 0 Å². The Kier molecular flexibility index (Phi) is 3.93. The smallest absolute Gasteiger partial charge is 0.0991 e. The minimum Gasteiger partial charge on any atom is -0.396 e. The second-order valence-electron chi connectivity index (χ2n) is 6.85. The highest BCUT2D eigenvalue weighted by atomic mass is 16.5. The monoisotopic (exact) mass is 313 g/mol. The largest absolute Gasteiger partial charge is 0.396 e. The van der Waals surface area contributed by atoms with Crippen LogP contribution in [-0.2, 0) is 11.3 Å². The average Bonchev–Trinajstić information content (AvgIpc) is 3.23. The van der Waals surface area contributed by atoms with E-state index in [2.05, 4.69) is 34.1 Å². The molecule has 23 heavy (non-hydrogen) atoms. The maximum atomic E-state index is 9.89. The van der Waals surface area contributed by atoms with Crippen LogP contribution in [0.5, 0.6) is 0 Å². The third-order valence-electron chi connectivity index (χ3n) is 5.41. The van der Waals surface area contributed by atoms with Crippen LogP contribution >= 0.6 is 0 Å². The number of aliphatic hydroxyl groups excluding tert-OH is 1. The van der Waals surface area contributed by atoms with Crippen molar-refractivity contribution in [3.8, 4) is 5.69 Å². The Hall–Kier alpha value is -1.69. The van der Waals surface area contributed by atoms with Crippen molar-refractivity contribution in [2.24, 2.45) is 11.3 Å². The standard InChI is InChI=1S/C18H23N3O2/c22-13-18-5-8-23-11-16(18)10-20(12-18)9-15-1-3-17(4-2-15)21-7-6-19-14-21/h1-4,6-7,14,16,22H,5,8-13H2/t16-,18-/m1/s1. The van der Waals surface area contributed by atoms with Crippen LogP contribution in [-0.4, -0.2) is 52.5 Å². The summed E-state index contributed by atoms with van der Waals surface area (Å²) in [6.45, 7) is 4.77. The Bertz CT molecular complexity index is 641. The van der Waals surface area contributed by atoms with Gasteiger partial charge in [0, 0.05) is 55.7 Å². The van der Waals surface area contributed by atoms with Gasteiger partial charge in [-0.3, -0.25) is 4.90 Å². The molecule has 2 saturated heterocycles. The quantitative estimate of drug-likeness (QED) is 0.933. The molecule has 2 aliphatic rings. The van der Waals surface area contributed by atoms with Crippen LogP contribution in [0.3, 0.4) is 0 Å². The highest BCUT2D eigenvalue weighted by Crippen LogP contribution is 2.42. The number of nitrogens with zero attached hydrogens (tertiary/aromatic N) is 3. The van der Waals surface area contributed by atoms with E-state index in [0.29, 0.717) is 5.92 Å². The molecule has 1 N–H and O–H groups in total. The molecule has 2 aromatic rings. The number of aliphatic hydroxyl groups is 1. The molecular formula is C18H23N3O2. The molecule has 122 valence electrons. The van der Waals surface area contributed by atoms with Crippen LogP contribution in [0.15, 0.2) is 43.0 Å². The van der Waals surface area contributed by atoms with Crippen molar-refractivity contribution in [2.75, 3.05) is 32.9 Å². The summed E-state index contributed by atoms with van der Waals surface area (Å²) in [5.41, 5.74) is 2.48. The fraction of sp³-hybridized carbons (Fsp3) is 0.500. The van der Waals surface area contributed by atoms with Crippen molar-refractivity contribution in [3.05, 3.63) is 48.5 Å². The minimum absolute atomic E-state index is 0.0506. The predicted molar refractivity (Wildman–Crippen MR) is 87.3 cm³/mol. The van der Waals surface area contributed by atoms with Crippen LogP contribution in [0, 0.1) is 11.3 Å². The lowest BCUT2D eigenvalue weighted by Gasteiger charge is -2.36. The van der Waals surface area contributed by atoms with E-state index in [-0.39, 0.29) is 12.0 Å². The molecule has 1 aromatic heterocycles. The molecule has 0 radical (unpaired) electrons. The van der Waals surface area contributed by atoms with Crippen LogP contribution < -0.4 is 0 Å². The second-order valence-corrected chi connectivity index (χ2v) is 6.85. The van der Waals surface area contributed by atoms with Gasteiger partial charge >= 0.3 is 0 Å². The first-order valence-corrected chi connectivity index (χ1v) is 8.27. The molecule has 2 atom stereocenters.